The van der Waals surface area contributed by atoms with Gasteiger partial charge in [0.2, 0.25) is 0 Å². The molecule has 3 heterocycles. The molecular weight excluding hydrogens is 391 g/mol. The van der Waals surface area contributed by atoms with Gasteiger partial charge in [0.1, 0.15) is 11.3 Å². The Balaban J connectivity index is 0.00000225. The summed E-state index contributed by atoms with van der Waals surface area (Å²) in [4.78, 5) is 23.3. The van der Waals surface area contributed by atoms with Gasteiger partial charge in [-0.25, -0.2) is 9.97 Å². The highest BCUT2D eigenvalue weighted by Gasteiger charge is 2.31. The van der Waals surface area contributed by atoms with Crippen molar-refractivity contribution in [3.8, 4) is 5.69 Å². The minimum atomic E-state index is -4.55. The van der Waals surface area contributed by atoms with Crippen LogP contribution in [-0.4, -0.2) is 25.4 Å². The number of halogens is 3. The second-order valence-corrected chi connectivity index (χ2v) is 6.78. The second kappa shape index (κ2) is 7.12. The molecule has 0 saturated carbocycles. The van der Waals surface area contributed by atoms with Crippen molar-refractivity contribution in [2.75, 3.05) is 5.32 Å². The van der Waals surface area contributed by atoms with Crippen molar-refractivity contribution in [3.05, 3.63) is 59.3 Å². The summed E-state index contributed by atoms with van der Waals surface area (Å²) in [6.45, 7) is 1.73. The summed E-state index contributed by atoms with van der Waals surface area (Å²) < 4.78 is 42.1. The summed E-state index contributed by atoms with van der Waals surface area (Å²) in [5, 5.41) is 2.51. The van der Waals surface area contributed by atoms with E-state index in [4.69, 9.17) is 0 Å². The number of aryl methyl sites for hydroxylation is 1. The van der Waals surface area contributed by atoms with Crippen LogP contribution in [0.1, 0.15) is 29.2 Å². The quantitative estimate of drug-likeness (QED) is 0.500. The van der Waals surface area contributed by atoms with Crippen molar-refractivity contribution in [1.29, 1.82) is 0 Å². The number of hydrogen-bond donors (Lipinski definition) is 2. The first-order valence-electron chi connectivity index (χ1n) is 7.76. The molecule has 0 spiro atoms. The van der Waals surface area contributed by atoms with E-state index in [0.717, 1.165) is 16.8 Å². The number of benzene rings is 1. The minimum Gasteiger partial charge on any atom is -0.334 e. The SMILES string of the molecule is C.Cc1cn(-c2cc(NC(=O)c3cc4scnc4[nH]3)cc(C(F)(F)F)c2)cn1. The predicted octanol–water partition coefficient (Wildman–Crippen LogP) is 5.03. The molecule has 0 unspecified atom stereocenters. The number of rotatable bonds is 3. The Kier molecular flexibility index (Phi) is 4.99. The van der Waals surface area contributed by atoms with E-state index in [1.807, 2.05) is 0 Å². The zero-order chi connectivity index (χ0) is 19.2. The lowest BCUT2D eigenvalue weighted by molar-refractivity contribution is -0.137. The Morgan fingerprint density at radius 1 is 1.21 bits per heavy atom. The third kappa shape index (κ3) is 3.77. The molecule has 6 nitrogen and oxygen atoms in total. The fraction of sp³-hybridized carbons (Fsp3) is 0.167. The van der Waals surface area contributed by atoms with E-state index >= 15 is 0 Å². The number of hydrogen-bond acceptors (Lipinski definition) is 4. The fourth-order valence-electron chi connectivity index (χ4n) is 2.63. The molecule has 0 aliphatic carbocycles. The lowest BCUT2D eigenvalue weighted by Gasteiger charge is -2.13. The number of H-pyrrole nitrogens is 1. The maximum absolute atomic E-state index is 13.3. The van der Waals surface area contributed by atoms with Gasteiger partial charge in [-0.1, -0.05) is 7.43 Å². The Bertz CT molecular complexity index is 1110. The van der Waals surface area contributed by atoms with Gasteiger partial charge in [0.15, 0.2) is 0 Å². The lowest BCUT2D eigenvalue weighted by atomic mass is 10.1. The number of carbonyl (C=O) groups excluding carboxylic acids is 1. The highest BCUT2D eigenvalue weighted by Crippen LogP contribution is 2.33. The summed E-state index contributed by atoms with van der Waals surface area (Å²) in [7, 11) is 0. The average Bonchev–Trinajstić information content (AvgIpc) is 3.29. The number of nitrogens with zero attached hydrogens (tertiary/aromatic N) is 3. The molecule has 0 aliphatic rings. The van der Waals surface area contributed by atoms with Crippen LogP contribution in [-0.2, 0) is 6.18 Å². The van der Waals surface area contributed by atoms with E-state index in [2.05, 4.69) is 20.3 Å². The van der Waals surface area contributed by atoms with Gasteiger partial charge < -0.3 is 14.9 Å². The average molecular weight is 407 g/mol. The molecule has 0 aliphatic heterocycles. The molecule has 146 valence electrons. The molecule has 0 saturated heterocycles. The zero-order valence-electron chi connectivity index (χ0n) is 13.8. The number of nitrogens with one attached hydrogen (secondary N) is 2. The normalized spacial score (nSPS) is 11.4. The molecule has 4 aromatic rings. The first-order chi connectivity index (χ1) is 12.8. The Labute approximate surface area is 162 Å². The van der Waals surface area contributed by atoms with Gasteiger partial charge in [0, 0.05) is 17.6 Å². The third-order valence-electron chi connectivity index (χ3n) is 3.88. The number of thiazole rings is 1. The number of amides is 1. The van der Waals surface area contributed by atoms with Gasteiger partial charge in [-0.2, -0.15) is 13.2 Å². The smallest absolute Gasteiger partial charge is 0.334 e. The van der Waals surface area contributed by atoms with Crippen molar-refractivity contribution in [3.63, 3.8) is 0 Å². The highest BCUT2D eigenvalue weighted by molar-refractivity contribution is 7.16. The number of anilines is 1. The van der Waals surface area contributed by atoms with E-state index < -0.39 is 17.6 Å². The van der Waals surface area contributed by atoms with Crippen LogP contribution in [0.2, 0.25) is 0 Å². The largest absolute Gasteiger partial charge is 0.416 e. The van der Waals surface area contributed by atoms with Crippen LogP contribution in [0.4, 0.5) is 18.9 Å². The Morgan fingerprint density at radius 3 is 2.64 bits per heavy atom. The summed E-state index contributed by atoms with van der Waals surface area (Å²) in [6.07, 6.45) is -1.53. The van der Waals surface area contributed by atoms with Crippen LogP contribution < -0.4 is 5.32 Å². The standard InChI is InChI=1S/C17H12F3N5OS.CH4/c1-9-6-25(7-21-9)12-3-10(17(18,19)20)2-11(4-12)23-16(26)13-5-14-15(24-13)22-8-27-14;/h2-8,24H,1H3,(H,23,26);1H4. The molecule has 3 aromatic heterocycles. The second-order valence-electron chi connectivity index (χ2n) is 5.89. The first kappa shape index (κ1) is 19.6. The van der Waals surface area contributed by atoms with E-state index in [1.54, 1.807) is 24.7 Å². The van der Waals surface area contributed by atoms with Gasteiger partial charge in [-0.15, -0.1) is 11.3 Å². The fourth-order valence-corrected chi connectivity index (χ4v) is 3.30. The van der Waals surface area contributed by atoms with Crippen molar-refractivity contribution in [2.45, 2.75) is 20.5 Å². The molecule has 4 rings (SSSR count). The van der Waals surface area contributed by atoms with Crippen LogP contribution in [0.25, 0.3) is 16.0 Å². The Hall–Kier alpha value is -3.14. The highest BCUT2D eigenvalue weighted by atomic mass is 32.1. The monoisotopic (exact) mass is 407 g/mol. The Morgan fingerprint density at radius 2 is 2.00 bits per heavy atom. The van der Waals surface area contributed by atoms with Crippen molar-refractivity contribution < 1.29 is 18.0 Å². The molecular formula is C18H16F3N5OS. The van der Waals surface area contributed by atoms with Crippen LogP contribution in [0, 0.1) is 6.92 Å². The molecule has 2 N–H and O–H groups in total. The van der Waals surface area contributed by atoms with Gasteiger partial charge in [-0.05, 0) is 31.2 Å². The number of alkyl halides is 3. The molecule has 0 bridgehead atoms. The topological polar surface area (TPSA) is 75.6 Å². The van der Waals surface area contributed by atoms with Crippen LogP contribution in [0.15, 0.2) is 42.3 Å². The van der Waals surface area contributed by atoms with Crippen LogP contribution in [0.3, 0.4) is 0 Å². The molecule has 0 radical (unpaired) electrons. The van der Waals surface area contributed by atoms with E-state index in [9.17, 15) is 18.0 Å². The van der Waals surface area contributed by atoms with E-state index in [0.29, 0.717) is 11.3 Å². The number of carbonyl (C=O) groups is 1. The molecule has 10 heteroatoms. The van der Waals surface area contributed by atoms with Crippen molar-refractivity contribution >= 4 is 33.3 Å². The van der Waals surface area contributed by atoms with E-state index in [1.165, 1.54) is 28.3 Å². The maximum atomic E-state index is 13.3. The molecule has 1 amide bonds. The molecule has 1 aromatic carbocycles. The number of fused-ring (bicyclic) bond motifs is 1. The minimum absolute atomic E-state index is 0. The summed E-state index contributed by atoms with van der Waals surface area (Å²) in [6, 6.07) is 4.97. The summed E-state index contributed by atoms with van der Waals surface area (Å²) in [5.74, 6) is -0.549. The van der Waals surface area contributed by atoms with Crippen molar-refractivity contribution in [1.82, 2.24) is 19.5 Å². The predicted molar refractivity (Wildman–Crippen MR) is 102 cm³/mol. The van der Waals surface area contributed by atoms with Crippen molar-refractivity contribution in [2.24, 2.45) is 0 Å². The van der Waals surface area contributed by atoms with Gasteiger partial charge in [0.05, 0.1) is 27.8 Å². The number of aromatic amines is 1. The number of aromatic nitrogens is 4. The van der Waals surface area contributed by atoms with Gasteiger partial charge in [-0.3, -0.25) is 4.79 Å². The molecule has 28 heavy (non-hydrogen) atoms. The van der Waals surface area contributed by atoms with Crippen LogP contribution in [0.5, 0.6) is 0 Å². The summed E-state index contributed by atoms with van der Waals surface area (Å²) in [5.41, 5.74) is 2.49. The maximum Gasteiger partial charge on any atom is 0.416 e. The van der Waals surface area contributed by atoms with Gasteiger partial charge in [0.25, 0.3) is 5.91 Å². The van der Waals surface area contributed by atoms with E-state index in [-0.39, 0.29) is 24.5 Å². The molecule has 0 fully saturated rings. The molecule has 0 atom stereocenters. The van der Waals surface area contributed by atoms with Crippen LogP contribution >= 0.6 is 11.3 Å². The first-order valence-corrected chi connectivity index (χ1v) is 8.64. The summed E-state index contributed by atoms with van der Waals surface area (Å²) >= 11 is 1.36. The van der Waals surface area contributed by atoms with Gasteiger partial charge >= 0.3 is 6.18 Å². The lowest BCUT2D eigenvalue weighted by Crippen LogP contribution is -2.14. The number of imidazole rings is 1. The zero-order valence-corrected chi connectivity index (χ0v) is 14.6. The third-order valence-corrected chi connectivity index (χ3v) is 4.66.